The fraction of sp³-hybridized carbons (Fsp3) is 0. The average molecular weight is 367 g/mol. The highest BCUT2D eigenvalue weighted by Gasteiger charge is 2.06. The molecule has 0 fully saturated rings. The first-order valence-electron chi connectivity index (χ1n) is 8.40. The Morgan fingerprint density at radius 1 is 0.857 bits per heavy atom. The van der Waals surface area contributed by atoms with E-state index in [2.05, 4.69) is 27.1 Å². The number of nitro benzene ring substituents is 1. The van der Waals surface area contributed by atoms with Gasteiger partial charge in [-0.25, -0.2) is 4.68 Å². The Morgan fingerprint density at radius 2 is 1.57 bits per heavy atom. The fourth-order valence-electron chi connectivity index (χ4n) is 2.52. The maximum absolute atomic E-state index is 10.7. The first-order valence-corrected chi connectivity index (χ1v) is 8.40. The molecule has 2 heterocycles. The van der Waals surface area contributed by atoms with Crippen LogP contribution in [0, 0.1) is 22.0 Å². The molecule has 2 aromatic carbocycles. The topological polar surface area (TPSA) is 86.7 Å². The van der Waals surface area contributed by atoms with Crippen LogP contribution in [0.3, 0.4) is 0 Å². The van der Waals surface area contributed by atoms with E-state index in [4.69, 9.17) is 0 Å². The molecule has 2 aromatic heterocycles. The minimum absolute atomic E-state index is 0.0418. The molecule has 0 aliphatic heterocycles. The lowest BCUT2D eigenvalue weighted by molar-refractivity contribution is -0.384. The van der Waals surface area contributed by atoms with Gasteiger partial charge in [-0.3, -0.25) is 15.1 Å². The average Bonchev–Trinajstić information content (AvgIpc) is 3.24. The lowest BCUT2D eigenvalue weighted by atomic mass is 10.2. The number of hydrogen-bond donors (Lipinski definition) is 0. The summed E-state index contributed by atoms with van der Waals surface area (Å²) >= 11 is 0. The summed E-state index contributed by atoms with van der Waals surface area (Å²) < 4.78 is 1.69. The van der Waals surface area contributed by atoms with Crippen LogP contribution < -0.4 is 0 Å². The Hall–Kier alpha value is -4.31. The molecule has 0 amide bonds. The molecule has 0 radical (unpaired) electrons. The Labute approximate surface area is 160 Å². The van der Waals surface area contributed by atoms with Crippen molar-refractivity contribution in [1.82, 2.24) is 20.0 Å². The Morgan fingerprint density at radius 3 is 2.25 bits per heavy atom. The largest absolute Gasteiger partial charge is 0.269 e. The van der Waals surface area contributed by atoms with Gasteiger partial charge in [-0.15, -0.1) is 5.10 Å². The van der Waals surface area contributed by atoms with Gasteiger partial charge in [-0.2, -0.15) is 0 Å². The minimum Gasteiger partial charge on any atom is -0.258 e. The Kier molecular flexibility index (Phi) is 4.59. The summed E-state index contributed by atoms with van der Waals surface area (Å²) in [6, 6.07) is 19.5. The third-order valence-electron chi connectivity index (χ3n) is 3.97. The molecule has 0 atom stereocenters. The summed E-state index contributed by atoms with van der Waals surface area (Å²) in [5.74, 6) is 5.96. The number of rotatable bonds is 3. The molecule has 0 aliphatic carbocycles. The van der Waals surface area contributed by atoms with Crippen molar-refractivity contribution in [3.63, 3.8) is 0 Å². The van der Waals surface area contributed by atoms with Crippen LogP contribution in [0.1, 0.15) is 11.1 Å². The molecule has 28 heavy (non-hydrogen) atoms. The van der Waals surface area contributed by atoms with Crippen molar-refractivity contribution in [2.24, 2.45) is 0 Å². The number of non-ortho nitro benzene ring substituents is 1. The number of benzene rings is 2. The van der Waals surface area contributed by atoms with Crippen LogP contribution in [0.25, 0.3) is 17.1 Å². The van der Waals surface area contributed by atoms with Crippen LogP contribution in [0.2, 0.25) is 0 Å². The van der Waals surface area contributed by atoms with Crippen molar-refractivity contribution in [3.05, 3.63) is 100 Å². The van der Waals surface area contributed by atoms with Crippen LogP contribution in [0.15, 0.2) is 79.1 Å². The van der Waals surface area contributed by atoms with E-state index < -0.39 is 4.92 Å². The summed E-state index contributed by atoms with van der Waals surface area (Å²) in [5.41, 5.74) is 3.76. The highest BCUT2D eigenvalue weighted by molar-refractivity contribution is 5.55. The second kappa shape index (κ2) is 7.51. The van der Waals surface area contributed by atoms with E-state index in [9.17, 15) is 10.1 Å². The number of nitro groups is 1. The molecule has 4 rings (SSSR count). The summed E-state index contributed by atoms with van der Waals surface area (Å²) in [6.07, 6.45) is 3.48. The second-order valence-electron chi connectivity index (χ2n) is 5.87. The Bertz CT molecular complexity index is 1170. The maximum Gasteiger partial charge on any atom is 0.269 e. The zero-order valence-electron chi connectivity index (χ0n) is 14.6. The first-order chi connectivity index (χ1) is 13.7. The standard InChI is InChI=1S/C21H13N5O2/c27-26(28)19-11-8-16(9-12-19)6-7-17-10-13-20(22-14-17)21-15-25(24-23-21)18-4-2-1-3-5-18/h1-5,8-15H. The third kappa shape index (κ3) is 3.76. The smallest absolute Gasteiger partial charge is 0.258 e. The summed E-state index contributed by atoms with van der Waals surface area (Å²) in [6.45, 7) is 0. The van der Waals surface area contributed by atoms with Gasteiger partial charge in [-0.1, -0.05) is 35.3 Å². The molecule has 4 aromatic rings. The molecule has 0 saturated carbocycles. The lowest BCUT2D eigenvalue weighted by Crippen LogP contribution is -1.93. The van der Waals surface area contributed by atoms with Gasteiger partial charge in [0.25, 0.3) is 5.69 Å². The SMILES string of the molecule is O=[N+]([O-])c1ccc(C#Cc2ccc(-c3cn(-c4ccccc4)nn3)nc2)cc1. The molecule has 7 heteroatoms. The highest BCUT2D eigenvalue weighted by Crippen LogP contribution is 2.16. The van der Waals surface area contributed by atoms with Crippen molar-refractivity contribution in [1.29, 1.82) is 0 Å². The molecule has 0 N–H and O–H groups in total. The van der Waals surface area contributed by atoms with Crippen LogP contribution in [0.4, 0.5) is 5.69 Å². The predicted molar refractivity (Wildman–Crippen MR) is 104 cm³/mol. The first kappa shape index (κ1) is 17.1. The van der Waals surface area contributed by atoms with Crippen molar-refractivity contribution in [2.45, 2.75) is 0 Å². The summed E-state index contributed by atoms with van der Waals surface area (Å²) in [5, 5.41) is 19.0. The van der Waals surface area contributed by atoms with E-state index >= 15 is 0 Å². The monoisotopic (exact) mass is 367 g/mol. The number of pyridine rings is 1. The van der Waals surface area contributed by atoms with Gasteiger partial charge >= 0.3 is 0 Å². The highest BCUT2D eigenvalue weighted by atomic mass is 16.6. The van der Waals surface area contributed by atoms with Crippen molar-refractivity contribution >= 4 is 5.69 Å². The summed E-state index contributed by atoms with van der Waals surface area (Å²) in [7, 11) is 0. The molecule has 134 valence electrons. The molecule has 7 nitrogen and oxygen atoms in total. The van der Waals surface area contributed by atoms with E-state index in [0.717, 1.165) is 11.3 Å². The van der Waals surface area contributed by atoms with E-state index in [1.54, 1.807) is 23.0 Å². The van der Waals surface area contributed by atoms with Crippen LogP contribution in [-0.2, 0) is 0 Å². The van der Waals surface area contributed by atoms with Crippen molar-refractivity contribution in [2.75, 3.05) is 0 Å². The number of nitrogens with zero attached hydrogens (tertiary/aromatic N) is 5. The molecule has 0 bridgehead atoms. The molecule has 0 unspecified atom stereocenters. The Balaban J connectivity index is 1.50. The number of hydrogen-bond acceptors (Lipinski definition) is 5. The van der Waals surface area contributed by atoms with Crippen LogP contribution >= 0.6 is 0 Å². The van der Waals surface area contributed by atoms with Gasteiger partial charge in [-0.05, 0) is 36.4 Å². The van der Waals surface area contributed by atoms with Gasteiger partial charge in [0.15, 0.2) is 0 Å². The van der Waals surface area contributed by atoms with E-state index in [1.165, 1.54) is 12.1 Å². The van der Waals surface area contributed by atoms with E-state index in [-0.39, 0.29) is 5.69 Å². The molecule has 0 saturated heterocycles. The number of aromatic nitrogens is 4. The van der Waals surface area contributed by atoms with Gasteiger partial charge in [0, 0.05) is 29.5 Å². The van der Waals surface area contributed by atoms with Gasteiger partial charge < -0.3 is 0 Å². The molecular formula is C21H13N5O2. The third-order valence-corrected chi connectivity index (χ3v) is 3.97. The van der Waals surface area contributed by atoms with Crippen molar-refractivity contribution < 1.29 is 4.92 Å². The fourth-order valence-corrected chi connectivity index (χ4v) is 2.52. The predicted octanol–water partition coefficient (Wildman–Crippen LogP) is 3.64. The van der Waals surface area contributed by atoms with E-state index in [1.807, 2.05) is 48.7 Å². The van der Waals surface area contributed by atoms with Gasteiger partial charge in [0.05, 0.1) is 22.5 Å². The maximum atomic E-state index is 10.7. The number of para-hydroxylation sites is 1. The molecular weight excluding hydrogens is 354 g/mol. The normalized spacial score (nSPS) is 10.1. The van der Waals surface area contributed by atoms with Gasteiger partial charge in [0.1, 0.15) is 5.69 Å². The minimum atomic E-state index is -0.437. The zero-order chi connectivity index (χ0) is 19.3. The summed E-state index contributed by atoms with van der Waals surface area (Å²) in [4.78, 5) is 14.6. The second-order valence-corrected chi connectivity index (χ2v) is 5.87. The zero-order valence-corrected chi connectivity index (χ0v) is 14.6. The molecule has 0 spiro atoms. The lowest BCUT2D eigenvalue weighted by Gasteiger charge is -1.97. The quantitative estimate of drug-likeness (QED) is 0.313. The van der Waals surface area contributed by atoms with Crippen LogP contribution in [-0.4, -0.2) is 24.9 Å². The van der Waals surface area contributed by atoms with E-state index in [0.29, 0.717) is 17.0 Å². The molecule has 0 aliphatic rings. The van der Waals surface area contributed by atoms with Crippen LogP contribution in [0.5, 0.6) is 0 Å². The van der Waals surface area contributed by atoms with Crippen molar-refractivity contribution in [3.8, 4) is 28.9 Å². The van der Waals surface area contributed by atoms with Gasteiger partial charge in [0.2, 0.25) is 0 Å².